The van der Waals surface area contributed by atoms with Crippen molar-refractivity contribution in [3.05, 3.63) is 71.6 Å². The van der Waals surface area contributed by atoms with Crippen LogP contribution in [0.3, 0.4) is 0 Å². The Bertz CT molecular complexity index is 965. The molecule has 4 rings (SSSR count). The summed E-state index contributed by atoms with van der Waals surface area (Å²) in [5.41, 5.74) is 3.61. The minimum Gasteiger partial charge on any atom is -0.476 e. The fourth-order valence-corrected chi connectivity index (χ4v) is 4.14. The molecule has 1 aliphatic heterocycles. The van der Waals surface area contributed by atoms with Gasteiger partial charge in [0.2, 0.25) is 0 Å². The van der Waals surface area contributed by atoms with Gasteiger partial charge < -0.3 is 20.5 Å². The predicted molar refractivity (Wildman–Crippen MR) is 124 cm³/mol. The van der Waals surface area contributed by atoms with Crippen molar-refractivity contribution in [1.82, 2.24) is 15.5 Å². The molecule has 2 heterocycles. The highest BCUT2D eigenvalue weighted by Crippen LogP contribution is 2.23. The Morgan fingerprint density at radius 1 is 1.19 bits per heavy atom. The number of carboxylic acids is 1. The molecular weight excluding hydrogens is 404 g/mol. The van der Waals surface area contributed by atoms with Gasteiger partial charge in [-0.15, -0.1) is 5.10 Å². The summed E-state index contributed by atoms with van der Waals surface area (Å²) < 4.78 is 6.07. The number of allylic oxidation sites excluding steroid dienone is 2. The Hall–Kier alpha value is -3.03. The number of nitrogens with zero attached hydrogens (tertiary/aromatic N) is 2. The number of carboxylic acid groups (broad SMARTS) is 1. The molecule has 2 aliphatic rings. The largest absolute Gasteiger partial charge is 0.476 e. The Kier molecular flexibility index (Phi) is 7.64. The van der Waals surface area contributed by atoms with Crippen molar-refractivity contribution in [2.45, 2.75) is 38.2 Å². The number of hydrogen-bond donors (Lipinski definition) is 3. The fourth-order valence-electron chi connectivity index (χ4n) is 4.14. The molecule has 1 fully saturated rings. The van der Waals surface area contributed by atoms with E-state index in [1.165, 1.54) is 30.2 Å². The van der Waals surface area contributed by atoms with Crippen LogP contribution in [0, 0.1) is 5.92 Å². The second kappa shape index (κ2) is 11.0. The van der Waals surface area contributed by atoms with Crippen molar-refractivity contribution in [2.75, 3.05) is 25.0 Å². The van der Waals surface area contributed by atoms with Crippen molar-refractivity contribution in [3.63, 3.8) is 0 Å². The molecule has 1 unspecified atom stereocenters. The highest BCUT2D eigenvalue weighted by Gasteiger charge is 2.15. The van der Waals surface area contributed by atoms with Crippen molar-refractivity contribution in [1.29, 1.82) is 0 Å². The molecule has 32 heavy (non-hydrogen) atoms. The maximum atomic E-state index is 11.3. The quantitative estimate of drug-likeness (QED) is 0.546. The van der Waals surface area contributed by atoms with Crippen LogP contribution in [0.2, 0.25) is 0 Å². The van der Waals surface area contributed by atoms with E-state index in [2.05, 4.69) is 39.1 Å². The summed E-state index contributed by atoms with van der Waals surface area (Å²) >= 11 is 0. The van der Waals surface area contributed by atoms with Gasteiger partial charge in [0.1, 0.15) is 0 Å². The van der Waals surface area contributed by atoms with Crippen molar-refractivity contribution in [2.24, 2.45) is 5.92 Å². The van der Waals surface area contributed by atoms with Gasteiger partial charge in [0.05, 0.1) is 18.0 Å². The lowest BCUT2D eigenvalue weighted by molar-refractivity contribution is 0.0690. The molecule has 0 saturated carbocycles. The third-order valence-corrected chi connectivity index (χ3v) is 6.02. The predicted octanol–water partition coefficient (Wildman–Crippen LogP) is 4.12. The van der Waals surface area contributed by atoms with E-state index in [-0.39, 0.29) is 11.8 Å². The molecular formula is C25H30N4O3. The highest BCUT2D eigenvalue weighted by molar-refractivity contribution is 5.92. The number of anilines is 2. The van der Waals surface area contributed by atoms with Crippen molar-refractivity contribution in [3.8, 4) is 0 Å². The summed E-state index contributed by atoms with van der Waals surface area (Å²) in [6.45, 7) is 3.12. The summed E-state index contributed by atoms with van der Waals surface area (Å²) in [4.78, 5) is 11.3. The zero-order valence-electron chi connectivity index (χ0n) is 18.2. The Labute approximate surface area is 188 Å². The maximum Gasteiger partial charge on any atom is 0.358 e. The van der Waals surface area contributed by atoms with E-state index in [9.17, 15) is 9.90 Å². The van der Waals surface area contributed by atoms with E-state index in [0.717, 1.165) is 50.6 Å². The first-order chi connectivity index (χ1) is 15.7. The Morgan fingerprint density at radius 2 is 2.00 bits per heavy atom. The Morgan fingerprint density at radius 3 is 2.72 bits per heavy atom. The van der Waals surface area contributed by atoms with E-state index in [1.807, 2.05) is 24.3 Å². The lowest BCUT2D eigenvalue weighted by atomic mass is 9.95. The van der Waals surface area contributed by atoms with Gasteiger partial charge in [0, 0.05) is 12.3 Å². The molecule has 1 aromatic carbocycles. The average molecular weight is 435 g/mol. The van der Waals surface area contributed by atoms with Crippen LogP contribution in [-0.2, 0) is 11.2 Å². The average Bonchev–Trinajstić information content (AvgIpc) is 2.82. The van der Waals surface area contributed by atoms with Gasteiger partial charge in [0.15, 0.2) is 5.69 Å². The van der Waals surface area contributed by atoms with Crippen LogP contribution in [0.5, 0.6) is 0 Å². The molecule has 0 radical (unpaired) electrons. The van der Waals surface area contributed by atoms with E-state index in [1.54, 1.807) is 6.07 Å². The van der Waals surface area contributed by atoms with Crippen LogP contribution < -0.4 is 10.6 Å². The first-order valence-corrected chi connectivity index (χ1v) is 11.3. The zero-order chi connectivity index (χ0) is 22.2. The lowest BCUT2D eigenvalue weighted by Gasteiger charge is -2.23. The van der Waals surface area contributed by atoms with Gasteiger partial charge in [0.25, 0.3) is 0 Å². The van der Waals surface area contributed by atoms with Gasteiger partial charge in [-0.1, -0.05) is 30.4 Å². The highest BCUT2D eigenvalue weighted by atomic mass is 16.5. The second-order valence-corrected chi connectivity index (χ2v) is 8.36. The van der Waals surface area contributed by atoms with Gasteiger partial charge in [-0.25, -0.2) is 4.79 Å². The minimum absolute atomic E-state index is 0.0957. The first kappa shape index (κ1) is 22.2. The molecule has 1 aromatic heterocycles. The molecule has 2 aromatic rings. The molecule has 7 nitrogen and oxygen atoms in total. The molecule has 0 spiro atoms. The summed E-state index contributed by atoms with van der Waals surface area (Å²) in [5, 5.41) is 23.1. The first-order valence-electron chi connectivity index (χ1n) is 11.3. The minimum atomic E-state index is -1.11. The molecule has 1 saturated heterocycles. The van der Waals surface area contributed by atoms with E-state index < -0.39 is 5.97 Å². The van der Waals surface area contributed by atoms with Crippen molar-refractivity contribution >= 4 is 17.3 Å². The van der Waals surface area contributed by atoms with Crippen LogP contribution in [0.4, 0.5) is 11.4 Å². The van der Waals surface area contributed by atoms with Crippen LogP contribution in [0.25, 0.3) is 0 Å². The van der Waals surface area contributed by atoms with Gasteiger partial charge >= 0.3 is 5.97 Å². The van der Waals surface area contributed by atoms with E-state index in [4.69, 9.17) is 4.74 Å². The second-order valence-electron chi connectivity index (χ2n) is 8.36. The summed E-state index contributed by atoms with van der Waals surface area (Å²) in [6.07, 6.45) is 13.7. The number of rotatable bonds is 9. The molecule has 7 heteroatoms. The SMILES string of the molecule is O=C(O)c1nnccc1Nc1ccc(CC2=CCC(OCCC3CCNCC3)C=C2)cc1. The van der Waals surface area contributed by atoms with Crippen LogP contribution in [0.1, 0.15) is 41.7 Å². The lowest BCUT2D eigenvalue weighted by Crippen LogP contribution is -2.28. The van der Waals surface area contributed by atoms with Crippen LogP contribution in [0.15, 0.2) is 60.3 Å². The molecule has 1 atom stereocenters. The topological polar surface area (TPSA) is 96.4 Å². The number of carbonyl (C=O) groups is 1. The van der Waals surface area contributed by atoms with Crippen LogP contribution >= 0.6 is 0 Å². The van der Waals surface area contributed by atoms with Crippen LogP contribution in [-0.4, -0.2) is 47.1 Å². The molecule has 1 aliphatic carbocycles. The Balaban J connectivity index is 1.24. The standard InChI is InChI=1S/C25H30N4O3/c30-25(31)24-23(11-15-27-29-24)28-21-5-1-19(2-6-21)17-20-3-7-22(8-4-20)32-16-12-18-9-13-26-14-10-18/h1-7,11,15,18,22,26H,8-10,12-14,16-17H2,(H,27,28)(H,30,31). The van der Waals surface area contributed by atoms with Gasteiger partial charge in [-0.3, -0.25) is 0 Å². The van der Waals surface area contributed by atoms with E-state index >= 15 is 0 Å². The molecule has 0 amide bonds. The van der Waals surface area contributed by atoms with Crippen molar-refractivity contribution < 1.29 is 14.6 Å². The molecule has 3 N–H and O–H groups in total. The number of nitrogens with one attached hydrogen (secondary N) is 2. The monoisotopic (exact) mass is 434 g/mol. The van der Waals surface area contributed by atoms with E-state index in [0.29, 0.717) is 5.69 Å². The number of aromatic carboxylic acids is 1. The van der Waals surface area contributed by atoms with Gasteiger partial charge in [-0.05, 0) is 80.4 Å². The third-order valence-electron chi connectivity index (χ3n) is 6.02. The smallest absolute Gasteiger partial charge is 0.358 e. The molecule has 168 valence electrons. The zero-order valence-corrected chi connectivity index (χ0v) is 18.2. The fraction of sp³-hybridized carbons (Fsp3) is 0.400. The molecule has 0 bridgehead atoms. The van der Waals surface area contributed by atoms with Gasteiger partial charge in [-0.2, -0.15) is 5.10 Å². The normalized spacial score (nSPS) is 18.9. The number of ether oxygens (including phenoxy) is 1. The summed E-state index contributed by atoms with van der Waals surface area (Å²) in [7, 11) is 0. The number of benzene rings is 1. The number of aromatic nitrogens is 2. The third kappa shape index (κ3) is 6.24. The summed E-state index contributed by atoms with van der Waals surface area (Å²) in [5.74, 6) is -0.306. The summed E-state index contributed by atoms with van der Waals surface area (Å²) in [6, 6.07) is 9.59. The number of piperidine rings is 1. The number of hydrogen-bond acceptors (Lipinski definition) is 6. The maximum absolute atomic E-state index is 11.3.